The third-order valence-electron chi connectivity index (χ3n) is 3.92. The van der Waals surface area contributed by atoms with Crippen molar-refractivity contribution >= 4 is 5.71 Å². The highest BCUT2D eigenvalue weighted by molar-refractivity contribution is 5.90. The van der Waals surface area contributed by atoms with Gasteiger partial charge in [-0.1, -0.05) is 17.3 Å². The Morgan fingerprint density at radius 1 is 1.50 bits per heavy atom. The standard InChI is InChI=1S/C10H13NO/c12-11-10-5-6-4-9(10)8-3-1-2-7(6)8/h1,3,6-9,12H,2,4-5H2/b11-10+/t6-,7+,8+,9+/m1/s1. The van der Waals surface area contributed by atoms with Crippen LogP contribution in [0, 0.1) is 23.7 Å². The molecule has 0 aromatic rings. The smallest absolute Gasteiger partial charge is 0.0610 e. The summed E-state index contributed by atoms with van der Waals surface area (Å²) < 4.78 is 0. The Bertz CT molecular complexity index is 269. The second kappa shape index (κ2) is 2.12. The number of rotatable bonds is 0. The van der Waals surface area contributed by atoms with Gasteiger partial charge in [-0.15, -0.1) is 0 Å². The molecule has 64 valence electrons. The van der Waals surface area contributed by atoms with Crippen LogP contribution < -0.4 is 0 Å². The van der Waals surface area contributed by atoms with Crippen LogP contribution in [0.5, 0.6) is 0 Å². The molecule has 0 spiro atoms. The lowest BCUT2D eigenvalue weighted by Gasteiger charge is -2.24. The van der Waals surface area contributed by atoms with Crippen LogP contribution in [0.25, 0.3) is 0 Å². The summed E-state index contributed by atoms with van der Waals surface area (Å²) in [6.07, 6.45) is 8.24. The number of hydrogen-bond acceptors (Lipinski definition) is 2. The molecule has 3 aliphatic rings. The molecule has 0 aliphatic heterocycles. The molecule has 2 saturated carbocycles. The molecule has 0 saturated heterocycles. The molecular formula is C10H13NO. The summed E-state index contributed by atoms with van der Waals surface area (Å²) >= 11 is 0. The zero-order chi connectivity index (χ0) is 8.13. The van der Waals surface area contributed by atoms with Crippen molar-refractivity contribution in [3.8, 4) is 0 Å². The Morgan fingerprint density at radius 3 is 3.25 bits per heavy atom. The van der Waals surface area contributed by atoms with Crippen LogP contribution in [0.1, 0.15) is 19.3 Å². The lowest BCUT2D eigenvalue weighted by atomic mass is 9.80. The largest absolute Gasteiger partial charge is 0.411 e. The Hall–Kier alpha value is -0.790. The maximum Gasteiger partial charge on any atom is 0.0610 e. The monoisotopic (exact) mass is 163 g/mol. The Labute approximate surface area is 72.0 Å². The third kappa shape index (κ3) is 0.637. The molecule has 12 heavy (non-hydrogen) atoms. The van der Waals surface area contributed by atoms with Crippen molar-refractivity contribution in [2.24, 2.45) is 28.8 Å². The van der Waals surface area contributed by atoms with E-state index in [-0.39, 0.29) is 0 Å². The van der Waals surface area contributed by atoms with E-state index in [0.29, 0.717) is 5.92 Å². The summed E-state index contributed by atoms with van der Waals surface area (Å²) in [5, 5.41) is 12.2. The summed E-state index contributed by atoms with van der Waals surface area (Å²) in [5.74, 6) is 3.01. The van der Waals surface area contributed by atoms with Crippen molar-refractivity contribution in [2.75, 3.05) is 0 Å². The molecule has 0 aromatic heterocycles. The minimum Gasteiger partial charge on any atom is -0.411 e. The highest BCUT2D eigenvalue weighted by atomic mass is 16.4. The normalized spacial score (nSPS) is 52.2. The minimum atomic E-state index is 0.587. The van der Waals surface area contributed by atoms with Gasteiger partial charge in [0.1, 0.15) is 0 Å². The fourth-order valence-electron chi connectivity index (χ4n) is 3.42. The van der Waals surface area contributed by atoms with Crippen LogP contribution in [0.2, 0.25) is 0 Å². The van der Waals surface area contributed by atoms with E-state index in [1.807, 2.05) is 0 Å². The van der Waals surface area contributed by atoms with Crippen LogP contribution in [-0.2, 0) is 0 Å². The minimum absolute atomic E-state index is 0.587. The number of oxime groups is 1. The Balaban J connectivity index is 1.96. The molecule has 3 aliphatic carbocycles. The lowest BCUT2D eigenvalue weighted by molar-refractivity contribution is 0.300. The van der Waals surface area contributed by atoms with Crippen molar-refractivity contribution in [1.82, 2.24) is 0 Å². The second-order valence-corrected chi connectivity index (χ2v) is 4.30. The van der Waals surface area contributed by atoms with Crippen LogP contribution in [0.4, 0.5) is 0 Å². The van der Waals surface area contributed by atoms with E-state index >= 15 is 0 Å². The van der Waals surface area contributed by atoms with Crippen LogP contribution in [0.15, 0.2) is 17.3 Å². The zero-order valence-electron chi connectivity index (χ0n) is 6.98. The van der Waals surface area contributed by atoms with Crippen molar-refractivity contribution in [3.63, 3.8) is 0 Å². The van der Waals surface area contributed by atoms with E-state index in [9.17, 15) is 0 Å². The SMILES string of the molecule is O/N=C1\C[C@H]2C[C@H]1[C@H]1C=CC[C@@H]21. The first-order chi connectivity index (χ1) is 5.90. The zero-order valence-corrected chi connectivity index (χ0v) is 6.98. The first-order valence-electron chi connectivity index (χ1n) is 4.77. The summed E-state index contributed by atoms with van der Waals surface area (Å²) in [5.41, 5.74) is 1.06. The molecule has 4 atom stereocenters. The topological polar surface area (TPSA) is 32.6 Å². The molecule has 0 heterocycles. The second-order valence-electron chi connectivity index (χ2n) is 4.30. The van der Waals surface area contributed by atoms with Gasteiger partial charge in [0.25, 0.3) is 0 Å². The molecular weight excluding hydrogens is 150 g/mol. The molecule has 1 N–H and O–H groups in total. The summed E-state index contributed by atoms with van der Waals surface area (Å²) in [6.45, 7) is 0. The lowest BCUT2D eigenvalue weighted by Crippen LogP contribution is -2.24. The van der Waals surface area contributed by atoms with Crippen molar-refractivity contribution in [1.29, 1.82) is 0 Å². The summed E-state index contributed by atoms with van der Waals surface area (Å²) in [4.78, 5) is 0. The van der Waals surface area contributed by atoms with Gasteiger partial charge in [-0.3, -0.25) is 0 Å². The Morgan fingerprint density at radius 2 is 2.42 bits per heavy atom. The van der Waals surface area contributed by atoms with Crippen molar-refractivity contribution < 1.29 is 5.21 Å². The van der Waals surface area contributed by atoms with Gasteiger partial charge in [0, 0.05) is 5.92 Å². The molecule has 0 aromatic carbocycles. The fourth-order valence-corrected chi connectivity index (χ4v) is 3.42. The van der Waals surface area contributed by atoms with Gasteiger partial charge in [0.05, 0.1) is 5.71 Å². The van der Waals surface area contributed by atoms with E-state index in [0.717, 1.165) is 29.9 Å². The molecule has 2 fully saturated rings. The van der Waals surface area contributed by atoms with Crippen LogP contribution in [0.3, 0.4) is 0 Å². The summed E-state index contributed by atoms with van der Waals surface area (Å²) in [6, 6.07) is 0. The Kier molecular flexibility index (Phi) is 1.18. The van der Waals surface area contributed by atoms with Gasteiger partial charge >= 0.3 is 0 Å². The molecule has 0 unspecified atom stereocenters. The van der Waals surface area contributed by atoms with E-state index in [1.54, 1.807) is 0 Å². The number of nitrogens with zero attached hydrogens (tertiary/aromatic N) is 1. The molecule has 2 heteroatoms. The molecule has 0 radical (unpaired) electrons. The average Bonchev–Trinajstić information content (AvgIpc) is 2.75. The molecule has 3 rings (SSSR count). The molecule has 2 nitrogen and oxygen atoms in total. The first kappa shape index (κ1) is 6.70. The fraction of sp³-hybridized carbons (Fsp3) is 0.700. The number of hydrogen-bond donors (Lipinski definition) is 1. The van der Waals surface area contributed by atoms with Gasteiger partial charge in [0.2, 0.25) is 0 Å². The molecule has 2 bridgehead atoms. The van der Waals surface area contributed by atoms with Crippen LogP contribution in [-0.4, -0.2) is 10.9 Å². The average molecular weight is 163 g/mol. The summed E-state index contributed by atoms with van der Waals surface area (Å²) in [7, 11) is 0. The maximum atomic E-state index is 8.77. The van der Waals surface area contributed by atoms with Gasteiger partial charge in [-0.05, 0) is 37.0 Å². The predicted octanol–water partition coefficient (Wildman–Crippen LogP) is 2.05. The molecule has 0 amide bonds. The predicted molar refractivity (Wildman–Crippen MR) is 46.2 cm³/mol. The van der Waals surface area contributed by atoms with Crippen molar-refractivity contribution in [2.45, 2.75) is 19.3 Å². The maximum absolute atomic E-state index is 8.77. The third-order valence-corrected chi connectivity index (χ3v) is 3.92. The quantitative estimate of drug-likeness (QED) is 0.331. The van der Waals surface area contributed by atoms with Gasteiger partial charge in [-0.2, -0.15) is 0 Å². The van der Waals surface area contributed by atoms with Crippen molar-refractivity contribution in [3.05, 3.63) is 12.2 Å². The van der Waals surface area contributed by atoms with Gasteiger partial charge < -0.3 is 5.21 Å². The number of allylic oxidation sites excluding steroid dienone is 2. The highest BCUT2D eigenvalue weighted by Gasteiger charge is 2.51. The van der Waals surface area contributed by atoms with E-state index in [4.69, 9.17) is 5.21 Å². The highest BCUT2D eigenvalue weighted by Crippen LogP contribution is 2.54. The van der Waals surface area contributed by atoms with E-state index < -0.39 is 0 Å². The van der Waals surface area contributed by atoms with E-state index in [2.05, 4.69) is 17.3 Å². The first-order valence-corrected chi connectivity index (χ1v) is 4.77. The number of fused-ring (bicyclic) bond motifs is 5. The van der Waals surface area contributed by atoms with Crippen LogP contribution >= 0.6 is 0 Å². The van der Waals surface area contributed by atoms with Gasteiger partial charge in [0.15, 0.2) is 0 Å². The van der Waals surface area contributed by atoms with Gasteiger partial charge in [-0.25, -0.2) is 0 Å². The van der Waals surface area contributed by atoms with E-state index in [1.165, 1.54) is 12.8 Å².